The first-order chi connectivity index (χ1) is 4.64. The molecule has 1 unspecified atom stereocenters. The van der Waals surface area contributed by atoms with Gasteiger partial charge in [-0.1, -0.05) is 0 Å². The number of aliphatic hydroxyl groups excluding tert-OH is 1. The second kappa shape index (κ2) is 2.80. The van der Waals surface area contributed by atoms with E-state index in [0.29, 0.717) is 6.42 Å². The summed E-state index contributed by atoms with van der Waals surface area (Å²) in [6, 6.07) is -0.194. The van der Waals surface area contributed by atoms with Crippen LogP contribution in [0.4, 0.5) is 8.78 Å². The van der Waals surface area contributed by atoms with Gasteiger partial charge in [-0.3, -0.25) is 0 Å². The van der Waals surface area contributed by atoms with Gasteiger partial charge < -0.3 is 10.4 Å². The van der Waals surface area contributed by atoms with Gasteiger partial charge in [0.25, 0.3) is 5.92 Å². The number of hydrogen-bond donors (Lipinski definition) is 2. The molecule has 2 nitrogen and oxygen atoms in total. The van der Waals surface area contributed by atoms with Crippen LogP contribution >= 0.6 is 0 Å². The van der Waals surface area contributed by atoms with E-state index < -0.39 is 5.92 Å². The fourth-order valence-electron chi connectivity index (χ4n) is 1.16. The Labute approximate surface area is 58.2 Å². The van der Waals surface area contributed by atoms with Gasteiger partial charge in [0, 0.05) is 19.1 Å². The minimum Gasteiger partial charge on any atom is -0.396 e. The molecule has 0 saturated carbocycles. The Kier molecular flexibility index (Phi) is 2.21. The van der Waals surface area contributed by atoms with Crippen LogP contribution in [0.3, 0.4) is 0 Å². The van der Waals surface area contributed by atoms with Crippen molar-refractivity contribution in [3.63, 3.8) is 0 Å². The smallest absolute Gasteiger partial charge is 0.261 e. The van der Waals surface area contributed by atoms with Crippen LogP contribution in [0.2, 0.25) is 0 Å². The van der Waals surface area contributed by atoms with E-state index in [2.05, 4.69) is 5.32 Å². The lowest BCUT2D eigenvalue weighted by molar-refractivity contribution is 0.0204. The molecule has 1 aliphatic heterocycles. The number of hydrogen-bond acceptors (Lipinski definition) is 2. The highest BCUT2D eigenvalue weighted by Gasteiger charge is 2.38. The molecule has 0 spiro atoms. The summed E-state index contributed by atoms with van der Waals surface area (Å²) < 4.78 is 24.7. The molecule has 1 atom stereocenters. The SMILES string of the molecule is OCCC1CC(F)(F)CN1. The Morgan fingerprint density at radius 2 is 2.30 bits per heavy atom. The summed E-state index contributed by atoms with van der Waals surface area (Å²) in [4.78, 5) is 0. The van der Waals surface area contributed by atoms with E-state index in [1.54, 1.807) is 0 Å². The highest BCUT2D eigenvalue weighted by molar-refractivity contribution is 4.86. The summed E-state index contributed by atoms with van der Waals surface area (Å²) in [6.07, 6.45) is 0.295. The van der Waals surface area contributed by atoms with Crippen molar-refractivity contribution in [2.75, 3.05) is 13.2 Å². The van der Waals surface area contributed by atoms with Crippen LogP contribution in [0.5, 0.6) is 0 Å². The maximum Gasteiger partial charge on any atom is 0.261 e. The van der Waals surface area contributed by atoms with Crippen LogP contribution in [0.25, 0.3) is 0 Å². The average Bonchev–Trinajstić information content (AvgIpc) is 2.12. The summed E-state index contributed by atoms with van der Waals surface area (Å²) >= 11 is 0. The van der Waals surface area contributed by atoms with Gasteiger partial charge in [0.15, 0.2) is 0 Å². The van der Waals surface area contributed by atoms with Crippen molar-refractivity contribution in [1.82, 2.24) is 5.32 Å². The molecule has 0 aromatic rings. The van der Waals surface area contributed by atoms with Gasteiger partial charge in [0.2, 0.25) is 0 Å². The molecule has 0 aromatic carbocycles. The van der Waals surface area contributed by atoms with Gasteiger partial charge in [-0.25, -0.2) is 8.78 Å². The number of halogens is 2. The van der Waals surface area contributed by atoms with Crippen molar-refractivity contribution >= 4 is 0 Å². The molecule has 1 fully saturated rings. The third kappa shape index (κ3) is 1.88. The molecule has 0 aliphatic carbocycles. The summed E-state index contributed by atoms with van der Waals surface area (Å²) in [5.74, 6) is -2.56. The quantitative estimate of drug-likeness (QED) is 0.597. The topological polar surface area (TPSA) is 32.3 Å². The largest absolute Gasteiger partial charge is 0.396 e. The minimum absolute atomic E-state index is 0.0201. The second-order valence-electron chi connectivity index (χ2n) is 2.65. The van der Waals surface area contributed by atoms with Crippen LogP contribution in [0, 0.1) is 0 Å². The van der Waals surface area contributed by atoms with Crippen molar-refractivity contribution in [1.29, 1.82) is 0 Å². The highest BCUT2D eigenvalue weighted by atomic mass is 19.3. The molecule has 0 aromatic heterocycles. The van der Waals surface area contributed by atoms with E-state index in [0.717, 1.165) is 0 Å². The van der Waals surface area contributed by atoms with Crippen LogP contribution in [-0.4, -0.2) is 30.2 Å². The molecule has 2 N–H and O–H groups in total. The first-order valence-electron chi connectivity index (χ1n) is 3.36. The third-order valence-corrected chi connectivity index (χ3v) is 1.67. The van der Waals surface area contributed by atoms with Gasteiger partial charge in [0.1, 0.15) is 0 Å². The summed E-state index contributed by atoms with van der Waals surface area (Å²) in [5.41, 5.74) is 0. The highest BCUT2D eigenvalue weighted by Crippen LogP contribution is 2.25. The lowest BCUT2D eigenvalue weighted by Crippen LogP contribution is -2.23. The average molecular weight is 151 g/mol. The van der Waals surface area contributed by atoms with E-state index in [9.17, 15) is 8.78 Å². The molecule has 0 bridgehead atoms. The predicted molar refractivity (Wildman–Crippen MR) is 33.1 cm³/mol. The van der Waals surface area contributed by atoms with Crippen molar-refractivity contribution < 1.29 is 13.9 Å². The lowest BCUT2D eigenvalue weighted by atomic mass is 10.1. The van der Waals surface area contributed by atoms with Gasteiger partial charge in [0.05, 0.1) is 6.54 Å². The van der Waals surface area contributed by atoms with Gasteiger partial charge in [-0.15, -0.1) is 0 Å². The predicted octanol–water partition coefficient (Wildman–Crippen LogP) is 0.366. The van der Waals surface area contributed by atoms with Gasteiger partial charge in [-0.2, -0.15) is 0 Å². The summed E-state index contributed by atoms with van der Waals surface area (Å²) in [6.45, 7) is -0.259. The van der Waals surface area contributed by atoms with Gasteiger partial charge in [-0.05, 0) is 6.42 Å². The van der Waals surface area contributed by atoms with Gasteiger partial charge >= 0.3 is 0 Å². The standard InChI is InChI=1S/C6H11F2NO/c7-6(8)3-5(1-2-10)9-4-6/h5,9-10H,1-4H2. The minimum atomic E-state index is -2.56. The second-order valence-corrected chi connectivity index (χ2v) is 2.65. The van der Waals surface area contributed by atoms with Crippen LogP contribution in [0.1, 0.15) is 12.8 Å². The maximum absolute atomic E-state index is 12.4. The lowest BCUT2D eigenvalue weighted by Gasteiger charge is -2.06. The molecular formula is C6H11F2NO. The Balaban J connectivity index is 2.29. The number of aliphatic hydroxyl groups is 1. The Hall–Kier alpha value is -0.220. The zero-order valence-corrected chi connectivity index (χ0v) is 5.61. The molecule has 10 heavy (non-hydrogen) atoms. The Morgan fingerprint density at radius 1 is 1.60 bits per heavy atom. The van der Waals surface area contributed by atoms with Crippen molar-refractivity contribution in [3.8, 4) is 0 Å². The van der Waals surface area contributed by atoms with Crippen molar-refractivity contribution in [3.05, 3.63) is 0 Å². The van der Waals surface area contributed by atoms with E-state index in [-0.39, 0.29) is 25.6 Å². The molecule has 4 heteroatoms. The number of alkyl halides is 2. The monoisotopic (exact) mass is 151 g/mol. The van der Waals surface area contributed by atoms with Crippen molar-refractivity contribution in [2.45, 2.75) is 24.8 Å². The molecule has 0 radical (unpaired) electrons. The fourth-order valence-corrected chi connectivity index (χ4v) is 1.16. The molecular weight excluding hydrogens is 140 g/mol. The van der Waals surface area contributed by atoms with Crippen LogP contribution < -0.4 is 5.32 Å². The van der Waals surface area contributed by atoms with Crippen LogP contribution in [-0.2, 0) is 0 Å². The zero-order chi connectivity index (χ0) is 7.61. The van der Waals surface area contributed by atoms with E-state index in [1.165, 1.54) is 0 Å². The van der Waals surface area contributed by atoms with Crippen molar-refractivity contribution in [2.24, 2.45) is 0 Å². The first kappa shape index (κ1) is 7.88. The summed E-state index contributed by atoms with van der Waals surface area (Å²) in [7, 11) is 0. The maximum atomic E-state index is 12.4. The number of rotatable bonds is 2. The zero-order valence-electron chi connectivity index (χ0n) is 5.61. The van der Waals surface area contributed by atoms with E-state index in [4.69, 9.17) is 5.11 Å². The third-order valence-electron chi connectivity index (χ3n) is 1.67. The number of nitrogens with one attached hydrogen (secondary N) is 1. The Bertz CT molecular complexity index is 118. The summed E-state index contributed by atoms with van der Waals surface area (Å²) in [5, 5.41) is 11.0. The Morgan fingerprint density at radius 3 is 2.70 bits per heavy atom. The molecule has 1 saturated heterocycles. The molecule has 0 amide bonds. The molecule has 1 aliphatic rings. The van der Waals surface area contributed by atoms with E-state index in [1.807, 2.05) is 0 Å². The molecule has 60 valence electrons. The normalized spacial score (nSPS) is 30.9. The molecule has 1 rings (SSSR count). The fraction of sp³-hybridized carbons (Fsp3) is 1.00. The van der Waals surface area contributed by atoms with E-state index >= 15 is 0 Å². The van der Waals surface area contributed by atoms with Crippen LogP contribution in [0.15, 0.2) is 0 Å². The first-order valence-corrected chi connectivity index (χ1v) is 3.36. The molecule has 1 heterocycles.